The van der Waals surface area contributed by atoms with E-state index in [-0.39, 0.29) is 18.0 Å². The van der Waals surface area contributed by atoms with Crippen LogP contribution in [0.3, 0.4) is 0 Å². The summed E-state index contributed by atoms with van der Waals surface area (Å²) < 4.78 is 27.6. The van der Waals surface area contributed by atoms with Gasteiger partial charge in [0.25, 0.3) is 5.56 Å². The number of hydrogen-bond donors (Lipinski definition) is 0. The molecule has 0 radical (unpaired) electrons. The van der Waals surface area contributed by atoms with Crippen LogP contribution in [0.4, 0.5) is 4.39 Å². The van der Waals surface area contributed by atoms with Gasteiger partial charge in [-0.25, -0.2) is 9.37 Å². The zero-order valence-corrected chi connectivity index (χ0v) is 21.6. The van der Waals surface area contributed by atoms with E-state index < -0.39 is 0 Å². The van der Waals surface area contributed by atoms with E-state index in [0.717, 1.165) is 10.0 Å². The molecule has 3 aromatic carbocycles. The lowest BCUT2D eigenvalue weighted by Gasteiger charge is -2.15. The second-order valence-electron chi connectivity index (χ2n) is 7.36. The number of aryl methyl sites for hydroxylation is 1. The van der Waals surface area contributed by atoms with Gasteiger partial charge in [-0.2, -0.15) is 9.78 Å². The van der Waals surface area contributed by atoms with Gasteiger partial charge in [-0.1, -0.05) is 28.1 Å². The van der Waals surface area contributed by atoms with Crippen LogP contribution < -0.4 is 15.0 Å². The Bertz CT molecular complexity index is 1440. The standard InChI is InChI=1S/C25H20Br2FN3O3/c1-3-33-23-11-17(10-21(27)24(23)34-14-16-4-7-19(28)8-5-16)13-29-31-15(2)30-22-9-6-18(26)12-20(22)25(31)32/h4-13H,3,14H2,1-2H3. The van der Waals surface area contributed by atoms with Crippen LogP contribution in [0.15, 0.2) is 73.4 Å². The fourth-order valence-corrected chi connectivity index (χ4v) is 4.26. The highest BCUT2D eigenvalue weighted by molar-refractivity contribution is 9.10. The molecule has 0 atom stereocenters. The highest BCUT2D eigenvalue weighted by Gasteiger charge is 2.13. The number of fused-ring (bicyclic) bond motifs is 1. The first kappa shape index (κ1) is 24.1. The summed E-state index contributed by atoms with van der Waals surface area (Å²) in [6.45, 7) is 4.29. The molecule has 4 aromatic rings. The van der Waals surface area contributed by atoms with Gasteiger partial charge in [-0.15, -0.1) is 0 Å². The van der Waals surface area contributed by atoms with Crippen molar-refractivity contribution in [2.24, 2.45) is 5.10 Å². The Hall–Kier alpha value is -3.04. The summed E-state index contributed by atoms with van der Waals surface area (Å²) >= 11 is 6.93. The van der Waals surface area contributed by atoms with E-state index in [1.54, 1.807) is 43.5 Å². The minimum atomic E-state index is -0.299. The van der Waals surface area contributed by atoms with Crippen molar-refractivity contribution in [2.75, 3.05) is 6.61 Å². The quantitative estimate of drug-likeness (QED) is 0.240. The summed E-state index contributed by atoms with van der Waals surface area (Å²) in [6, 6.07) is 15.1. The van der Waals surface area contributed by atoms with Gasteiger partial charge in [0.05, 0.1) is 28.2 Å². The highest BCUT2D eigenvalue weighted by Crippen LogP contribution is 2.37. The van der Waals surface area contributed by atoms with Crippen molar-refractivity contribution in [3.8, 4) is 11.5 Å². The number of aromatic nitrogens is 2. The van der Waals surface area contributed by atoms with Gasteiger partial charge in [-0.05, 0) is 83.4 Å². The first-order chi connectivity index (χ1) is 16.4. The van der Waals surface area contributed by atoms with Crippen molar-refractivity contribution in [2.45, 2.75) is 20.5 Å². The van der Waals surface area contributed by atoms with Crippen LogP contribution in [0.25, 0.3) is 10.9 Å². The fraction of sp³-hybridized carbons (Fsp3) is 0.160. The van der Waals surface area contributed by atoms with Gasteiger partial charge in [0.2, 0.25) is 0 Å². The molecule has 4 rings (SSSR count). The van der Waals surface area contributed by atoms with Crippen LogP contribution in [0.2, 0.25) is 0 Å². The zero-order chi connectivity index (χ0) is 24.2. The van der Waals surface area contributed by atoms with Gasteiger partial charge in [0.1, 0.15) is 18.2 Å². The predicted octanol–water partition coefficient (Wildman–Crippen LogP) is 6.23. The second kappa shape index (κ2) is 10.5. The second-order valence-corrected chi connectivity index (χ2v) is 9.13. The lowest BCUT2D eigenvalue weighted by Crippen LogP contribution is -2.20. The van der Waals surface area contributed by atoms with Crippen molar-refractivity contribution in [1.29, 1.82) is 0 Å². The van der Waals surface area contributed by atoms with E-state index in [1.165, 1.54) is 16.8 Å². The molecule has 1 aromatic heterocycles. The molecule has 9 heteroatoms. The topological polar surface area (TPSA) is 65.7 Å². The Balaban J connectivity index is 1.65. The molecule has 1 heterocycles. The summed E-state index contributed by atoms with van der Waals surface area (Å²) in [7, 11) is 0. The minimum absolute atomic E-state index is 0.249. The Kier molecular flexibility index (Phi) is 7.43. The Morgan fingerprint density at radius 1 is 1.09 bits per heavy atom. The summed E-state index contributed by atoms with van der Waals surface area (Å²) in [5.41, 5.74) is 1.88. The third-order valence-corrected chi connectivity index (χ3v) is 6.00. The van der Waals surface area contributed by atoms with Crippen LogP contribution in [-0.2, 0) is 6.61 Å². The fourth-order valence-electron chi connectivity index (χ4n) is 3.32. The maximum atomic E-state index is 13.2. The molecular weight excluding hydrogens is 569 g/mol. The molecular formula is C25H20Br2FN3O3. The van der Waals surface area contributed by atoms with Crippen LogP contribution in [0, 0.1) is 12.7 Å². The van der Waals surface area contributed by atoms with Crippen LogP contribution in [0.5, 0.6) is 11.5 Å². The summed E-state index contributed by atoms with van der Waals surface area (Å²) in [5.74, 6) is 1.21. The van der Waals surface area contributed by atoms with Gasteiger partial charge in [0, 0.05) is 4.47 Å². The summed E-state index contributed by atoms with van der Waals surface area (Å²) in [4.78, 5) is 17.4. The van der Waals surface area contributed by atoms with Crippen molar-refractivity contribution in [1.82, 2.24) is 9.66 Å². The third-order valence-electron chi connectivity index (χ3n) is 4.92. The lowest BCUT2D eigenvalue weighted by molar-refractivity contribution is 0.267. The molecule has 0 aliphatic heterocycles. The number of ether oxygens (including phenoxy) is 2. The number of nitrogens with zero attached hydrogens (tertiary/aromatic N) is 3. The van der Waals surface area contributed by atoms with E-state index in [4.69, 9.17) is 9.47 Å². The zero-order valence-electron chi connectivity index (χ0n) is 18.4. The van der Waals surface area contributed by atoms with E-state index in [9.17, 15) is 9.18 Å². The first-order valence-electron chi connectivity index (χ1n) is 10.4. The van der Waals surface area contributed by atoms with Crippen LogP contribution >= 0.6 is 31.9 Å². The number of hydrogen-bond acceptors (Lipinski definition) is 5. The van der Waals surface area contributed by atoms with Crippen molar-refractivity contribution < 1.29 is 13.9 Å². The Morgan fingerprint density at radius 3 is 2.59 bits per heavy atom. The van der Waals surface area contributed by atoms with Crippen molar-refractivity contribution in [3.05, 3.63) is 96.7 Å². The molecule has 0 aliphatic carbocycles. The lowest BCUT2D eigenvalue weighted by atomic mass is 10.2. The molecule has 0 saturated heterocycles. The maximum Gasteiger partial charge on any atom is 0.282 e. The van der Waals surface area contributed by atoms with E-state index in [0.29, 0.717) is 44.9 Å². The van der Waals surface area contributed by atoms with Crippen LogP contribution in [0.1, 0.15) is 23.9 Å². The molecule has 0 aliphatic rings. The number of rotatable bonds is 7. The van der Waals surface area contributed by atoms with E-state index in [2.05, 4.69) is 41.9 Å². The van der Waals surface area contributed by atoms with E-state index in [1.807, 2.05) is 19.1 Å². The molecule has 0 bridgehead atoms. The first-order valence-corrected chi connectivity index (χ1v) is 12.0. The van der Waals surface area contributed by atoms with Crippen LogP contribution in [-0.4, -0.2) is 22.5 Å². The normalized spacial score (nSPS) is 11.3. The number of benzene rings is 3. The Morgan fingerprint density at radius 2 is 1.85 bits per heavy atom. The monoisotopic (exact) mass is 587 g/mol. The number of halogens is 3. The molecule has 6 nitrogen and oxygen atoms in total. The van der Waals surface area contributed by atoms with Gasteiger partial charge >= 0.3 is 0 Å². The van der Waals surface area contributed by atoms with Gasteiger partial charge < -0.3 is 9.47 Å². The van der Waals surface area contributed by atoms with Gasteiger partial charge in [-0.3, -0.25) is 4.79 Å². The molecule has 0 N–H and O–H groups in total. The summed E-state index contributed by atoms with van der Waals surface area (Å²) in [6.07, 6.45) is 1.57. The average molecular weight is 589 g/mol. The SMILES string of the molecule is CCOc1cc(C=Nn2c(C)nc3ccc(Br)cc3c2=O)cc(Br)c1OCc1ccc(F)cc1. The molecule has 0 amide bonds. The van der Waals surface area contributed by atoms with Gasteiger partial charge in [0.15, 0.2) is 11.5 Å². The summed E-state index contributed by atoms with van der Waals surface area (Å²) in [5, 5.41) is 4.85. The van der Waals surface area contributed by atoms with E-state index >= 15 is 0 Å². The minimum Gasteiger partial charge on any atom is -0.490 e. The predicted molar refractivity (Wildman–Crippen MR) is 137 cm³/mol. The Labute approximate surface area is 212 Å². The largest absolute Gasteiger partial charge is 0.490 e. The highest BCUT2D eigenvalue weighted by atomic mass is 79.9. The molecule has 0 spiro atoms. The van der Waals surface area contributed by atoms with Crippen molar-refractivity contribution in [3.63, 3.8) is 0 Å². The average Bonchev–Trinajstić information content (AvgIpc) is 2.80. The molecule has 174 valence electrons. The molecule has 0 unspecified atom stereocenters. The third kappa shape index (κ3) is 5.37. The maximum absolute atomic E-state index is 13.2. The smallest absolute Gasteiger partial charge is 0.282 e. The molecule has 34 heavy (non-hydrogen) atoms. The molecule has 0 fully saturated rings. The van der Waals surface area contributed by atoms with Crippen molar-refractivity contribution >= 4 is 49.0 Å². The molecule has 0 saturated carbocycles.